The third kappa shape index (κ3) is 3.05. The summed E-state index contributed by atoms with van der Waals surface area (Å²) >= 11 is 3.48. The molecule has 0 aliphatic carbocycles. The average molecular weight is 362 g/mol. The highest BCUT2D eigenvalue weighted by Gasteiger charge is 2.23. The molecule has 0 unspecified atom stereocenters. The van der Waals surface area contributed by atoms with Crippen LogP contribution in [0.25, 0.3) is 0 Å². The van der Waals surface area contributed by atoms with Crippen LogP contribution in [0.3, 0.4) is 0 Å². The number of fused-ring (bicyclic) bond motifs is 1. The normalized spacial score (nSPS) is 16.4. The van der Waals surface area contributed by atoms with E-state index in [0.717, 1.165) is 22.9 Å². The van der Waals surface area contributed by atoms with Crippen molar-refractivity contribution in [1.29, 1.82) is 0 Å². The lowest BCUT2D eigenvalue weighted by Gasteiger charge is -2.12. The molecule has 0 amide bonds. The van der Waals surface area contributed by atoms with Crippen molar-refractivity contribution in [2.45, 2.75) is 25.6 Å². The molecule has 0 saturated carbocycles. The van der Waals surface area contributed by atoms with Crippen LogP contribution in [0.1, 0.15) is 39.6 Å². The number of hydrogen-bond acceptors (Lipinski definition) is 4. The Balaban J connectivity index is 1.74. The van der Waals surface area contributed by atoms with E-state index < -0.39 is 0 Å². The summed E-state index contributed by atoms with van der Waals surface area (Å²) in [7, 11) is 1.39. The number of benzene rings is 1. The predicted octanol–water partition coefficient (Wildman–Crippen LogP) is 3.83. The van der Waals surface area contributed by atoms with Crippen LogP contribution < -0.4 is 0 Å². The predicted molar refractivity (Wildman–Crippen MR) is 85.6 cm³/mol. The summed E-state index contributed by atoms with van der Waals surface area (Å²) in [4.78, 5) is 15.9. The van der Waals surface area contributed by atoms with Crippen LogP contribution in [0, 0.1) is 0 Å². The second kappa shape index (κ2) is 6.58. The SMILES string of the molecule is COC(=O)c1ccncc1CC[C@@H]1OCc2cc(Br)ccc21. The number of halogens is 1. The molecular weight excluding hydrogens is 346 g/mol. The molecule has 0 saturated heterocycles. The van der Waals surface area contributed by atoms with Crippen LogP contribution in [0.15, 0.2) is 41.1 Å². The van der Waals surface area contributed by atoms with Gasteiger partial charge in [-0.2, -0.15) is 0 Å². The van der Waals surface area contributed by atoms with Gasteiger partial charge >= 0.3 is 5.97 Å². The van der Waals surface area contributed by atoms with Gasteiger partial charge in [0, 0.05) is 16.9 Å². The molecule has 4 nitrogen and oxygen atoms in total. The Kier molecular flexibility index (Phi) is 4.55. The van der Waals surface area contributed by atoms with E-state index >= 15 is 0 Å². The molecule has 5 heteroatoms. The highest BCUT2D eigenvalue weighted by atomic mass is 79.9. The summed E-state index contributed by atoms with van der Waals surface area (Å²) in [6.07, 6.45) is 4.93. The van der Waals surface area contributed by atoms with Crippen LogP contribution >= 0.6 is 15.9 Å². The maximum Gasteiger partial charge on any atom is 0.338 e. The van der Waals surface area contributed by atoms with E-state index in [2.05, 4.69) is 33.0 Å². The Hall–Kier alpha value is -1.72. The highest BCUT2D eigenvalue weighted by molar-refractivity contribution is 9.10. The average Bonchev–Trinajstić information content (AvgIpc) is 2.94. The van der Waals surface area contributed by atoms with E-state index in [9.17, 15) is 4.79 Å². The molecule has 1 aromatic heterocycles. The maximum atomic E-state index is 11.8. The minimum Gasteiger partial charge on any atom is -0.465 e. The quantitative estimate of drug-likeness (QED) is 0.776. The zero-order valence-electron chi connectivity index (χ0n) is 12.2. The van der Waals surface area contributed by atoms with E-state index in [1.807, 2.05) is 6.07 Å². The summed E-state index contributed by atoms with van der Waals surface area (Å²) in [6.45, 7) is 0.635. The number of pyridine rings is 1. The lowest BCUT2D eigenvalue weighted by molar-refractivity contribution is 0.0580. The lowest BCUT2D eigenvalue weighted by Crippen LogP contribution is -2.07. The smallest absolute Gasteiger partial charge is 0.338 e. The number of rotatable bonds is 4. The standard InChI is InChI=1S/C17H16BrNO3/c1-21-17(20)15-6-7-19-9-11(15)2-5-16-14-4-3-13(18)8-12(14)10-22-16/h3-4,6-9,16H,2,5,10H2,1H3/t16-/m0/s1. The van der Waals surface area contributed by atoms with Crippen molar-refractivity contribution in [1.82, 2.24) is 4.98 Å². The Morgan fingerprint density at radius 2 is 2.32 bits per heavy atom. The van der Waals surface area contributed by atoms with E-state index in [4.69, 9.17) is 9.47 Å². The van der Waals surface area contributed by atoms with Crippen LogP contribution in [-0.2, 0) is 22.5 Å². The molecule has 1 aliphatic heterocycles. The Labute approximate surface area is 137 Å². The number of carbonyl (C=O) groups excluding carboxylic acids is 1. The van der Waals surface area contributed by atoms with Gasteiger partial charge in [-0.3, -0.25) is 4.98 Å². The van der Waals surface area contributed by atoms with Gasteiger partial charge in [0.2, 0.25) is 0 Å². The van der Waals surface area contributed by atoms with E-state index in [1.165, 1.54) is 18.2 Å². The number of hydrogen-bond donors (Lipinski definition) is 0. The molecule has 2 aromatic rings. The minimum absolute atomic E-state index is 0.0637. The van der Waals surface area contributed by atoms with Crippen molar-refractivity contribution in [3.63, 3.8) is 0 Å². The van der Waals surface area contributed by atoms with Crippen molar-refractivity contribution < 1.29 is 14.3 Å². The van der Waals surface area contributed by atoms with E-state index in [-0.39, 0.29) is 12.1 Å². The van der Waals surface area contributed by atoms with Gasteiger partial charge in [0.05, 0.1) is 25.4 Å². The maximum absolute atomic E-state index is 11.8. The highest BCUT2D eigenvalue weighted by Crippen LogP contribution is 2.35. The van der Waals surface area contributed by atoms with E-state index in [0.29, 0.717) is 12.2 Å². The summed E-state index contributed by atoms with van der Waals surface area (Å²) in [6, 6.07) is 7.92. The van der Waals surface area contributed by atoms with Crippen molar-refractivity contribution in [2.24, 2.45) is 0 Å². The fourth-order valence-electron chi connectivity index (χ4n) is 2.75. The third-order valence-corrected chi connectivity index (χ3v) is 4.37. The second-order valence-corrected chi connectivity index (χ2v) is 6.12. The van der Waals surface area contributed by atoms with Crippen LogP contribution in [0.4, 0.5) is 0 Å². The molecule has 0 spiro atoms. The first kappa shape index (κ1) is 15.2. The number of carbonyl (C=O) groups is 1. The Morgan fingerprint density at radius 1 is 1.45 bits per heavy atom. The van der Waals surface area contributed by atoms with Gasteiger partial charge in [0.1, 0.15) is 0 Å². The first-order valence-electron chi connectivity index (χ1n) is 7.10. The van der Waals surface area contributed by atoms with Gasteiger partial charge in [-0.1, -0.05) is 22.0 Å². The van der Waals surface area contributed by atoms with Gasteiger partial charge in [-0.05, 0) is 47.7 Å². The fourth-order valence-corrected chi connectivity index (χ4v) is 3.16. The molecule has 0 radical (unpaired) electrons. The topological polar surface area (TPSA) is 48.4 Å². The monoisotopic (exact) mass is 361 g/mol. The molecule has 114 valence electrons. The van der Waals surface area contributed by atoms with Gasteiger partial charge in [-0.25, -0.2) is 4.79 Å². The number of aromatic nitrogens is 1. The summed E-state index contributed by atoms with van der Waals surface area (Å²) < 4.78 is 11.7. The fraction of sp³-hybridized carbons (Fsp3) is 0.294. The third-order valence-electron chi connectivity index (χ3n) is 3.88. The zero-order chi connectivity index (χ0) is 15.5. The van der Waals surface area contributed by atoms with Crippen LogP contribution in [0.5, 0.6) is 0 Å². The molecule has 3 rings (SSSR count). The zero-order valence-corrected chi connectivity index (χ0v) is 13.8. The van der Waals surface area contributed by atoms with Gasteiger partial charge in [0.25, 0.3) is 0 Å². The summed E-state index contributed by atoms with van der Waals surface area (Å²) in [5.74, 6) is -0.325. The van der Waals surface area contributed by atoms with Crippen molar-refractivity contribution in [3.05, 3.63) is 63.4 Å². The molecule has 0 N–H and O–H groups in total. The van der Waals surface area contributed by atoms with Crippen LogP contribution in [-0.4, -0.2) is 18.1 Å². The largest absolute Gasteiger partial charge is 0.465 e. The van der Waals surface area contributed by atoms with Gasteiger partial charge < -0.3 is 9.47 Å². The van der Waals surface area contributed by atoms with Crippen molar-refractivity contribution >= 4 is 21.9 Å². The molecule has 1 aromatic carbocycles. The number of aryl methyl sites for hydroxylation is 1. The van der Waals surface area contributed by atoms with Crippen molar-refractivity contribution in [3.8, 4) is 0 Å². The van der Waals surface area contributed by atoms with Crippen molar-refractivity contribution in [2.75, 3.05) is 7.11 Å². The summed E-state index contributed by atoms with van der Waals surface area (Å²) in [5.41, 5.74) is 3.92. The Morgan fingerprint density at radius 3 is 3.14 bits per heavy atom. The molecule has 0 fully saturated rings. The number of esters is 1. The second-order valence-electron chi connectivity index (χ2n) is 5.21. The van der Waals surface area contributed by atoms with Gasteiger partial charge in [-0.15, -0.1) is 0 Å². The molecule has 22 heavy (non-hydrogen) atoms. The number of nitrogens with zero attached hydrogens (tertiary/aromatic N) is 1. The number of methoxy groups -OCH3 is 1. The molecule has 2 heterocycles. The first-order chi connectivity index (χ1) is 10.7. The minimum atomic E-state index is -0.325. The Bertz CT molecular complexity index is 702. The molecular formula is C17H16BrNO3. The first-order valence-corrected chi connectivity index (χ1v) is 7.89. The lowest BCUT2D eigenvalue weighted by atomic mass is 9.98. The molecule has 1 atom stereocenters. The van der Waals surface area contributed by atoms with E-state index in [1.54, 1.807) is 18.5 Å². The molecule has 0 bridgehead atoms. The molecule has 1 aliphatic rings. The number of ether oxygens (including phenoxy) is 2. The van der Waals surface area contributed by atoms with Gasteiger partial charge in [0.15, 0.2) is 0 Å². The van der Waals surface area contributed by atoms with Crippen LogP contribution in [0.2, 0.25) is 0 Å². The summed E-state index contributed by atoms with van der Waals surface area (Å²) in [5, 5.41) is 0.